The van der Waals surface area contributed by atoms with E-state index in [-0.39, 0.29) is 35.7 Å². The van der Waals surface area contributed by atoms with E-state index < -0.39 is 0 Å². The van der Waals surface area contributed by atoms with Crippen LogP contribution in [0.3, 0.4) is 0 Å². The lowest BCUT2D eigenvalue weighted by atomic mass is 9.69. The van der Waals surface area contributed by atoms with E-state index in [9.17, 15) is 14.7 Å². The quantitative estimate of drug-likeness (QED) is 0.250. The van der Waals surface area contributed by atoms with E-state index >= 15 is 0 Å². The summed E-state index contributed by atoms with van der Waals surface area (Å²) in [5, 5.41) is 10.2. The van der Waals surface area contributed by atoms with E-state index in [2.05, 4.69) is 37.3 Å². The lowest BCUT2D eigenvalue weighted by Gasteiger charge is -2.31. The molecule has 2 heterocycles. The number of phenolic OH excluding ortho intramolecular Hbond substituents is 1. The summed E-state index contributed by atoms with van der Waals surface area (Å²) in [7, 11) is 0. The van der Waals surface area contributed by atoms with Gasteiger partial charge in [-0.25, -0.2) is 0 Å². The molecule has 0 saturated carbocycles. The fourth-order valence-electron chi connectivity index (χ4n) is 6.83. The molecule has 1 aliphatic carbocycles. The smallest absolute Gasteiger partial charge is 0.233 e. The predicted molar refractivity (Wildman–Crippen MR) is 150 cm³/mol. The second-order valence-corrected chi connectivity index (χ2v) is 11.1. The van der Waals surface area contributed by atoms with Gasteiger partial charge in [-0.1, -0.05) is 55.8 Å². The van der Waals surface area contributed by atoms with Gasteiger partial charge in [-0.3, -0.25) is 14.5 Å². The molecule has 2 aliphatic heterocycles. The summed E-state index contributed by atoms with van der Waals surface area (Å²) in [6.45, 7) is 9.06. The zero-order valence-electron chi connectivity index (χ0n) is 23.0. The van der Waals surface area contributed by atoms with Gasteiger partial charge in [0.05, 0.1) is 24.5 Å². The fourth-order valence-corrected chi connectivity index (χ4v) is 6.83. The van der Waals surface area contributed by atoms with Crippen LogP contribution in [-0.2, 0) is 14.3 Å². The third-order valence-electron chi connectivity index (χ3n) is 8.65. The van der Waals surface area contributed by atoms with Gasteiger partial charge in [0.15, 0.2) is 0 Å². The molecule has 2 amide bonds. The Bertz CT molecular complexity index is 1270. The summed E-state index contributed by atoms with van der Waals surface area (Å²) in [6.07, 6.45) is 6.19. The number of aromatic hydroxyl groups is 1. The number of rotatable bonds is 8. The molecule has 38 heavy (non-hydrogen) atoms. The van der Waals surface area contributed by atoms with Crippen molar-refractivity contribution in [1.82, 2.24) is 4.90 Å². The third kappa shape index (κ3) is 4.73. The largest absolute Gasteiger partial charge is 0.507 e. The first kappa shape index (κ1) is 26.4. The van der Waals surface area contributed by atoms with Crippen LogP contribution in [0, 0.1) is 31.6 Å². The van der Waals surface area contributed by atoms with Crippen LogP contribution in [0.2, 0.25) is 0 Å². The molecule has 2 aromatic rings. The van der Waals surface area contributed by atoms with Gasteiger partial charge in [-0.2, -0.15) is 0 Å². The Morgan fingerprint density at radius 3 is 2.42 bits per heavy atom. The summed E-state index contributed by atoms with van der Waals surface area (Å²) in [5.41, 5.74) is 7.80. The van der Waals surface area contributed by atoms with E-state index in [1.165, 1.54) is 27.2 Å². The number of phenols is 1. The molecule has 5 heteroatoms. The molecular formula is C33H39NO4. The van der Waals surface area contributed by atoms with Crippen LogP contribution < -0.4 is 0 Å². The summed E-state index contributed by atoms with van der Waals surface area (Å²) >= 11 is 0. The first-order valence-electron chi connectivity index (χ1n) is 14.1. The highest BCUT2D eigenvalue weighted by atomic mass is 16.5. The molecule has 2 fully saturated rings. The number of imide groups is 1. The van der Waals surface area contributed by atoms with E-state index in [0.29, 0.717) is 25.3 Å². The average Bonchev–Trinajstić information content (AvgIpc) is 3.44. The molecule has 0 unspecified atom stereocenters. The number of hydrogen-bond acceptors (Lipinski definition) is 4. The number of likely N-dealkylation sites (tertiary alicyclic amines) is 1. The molecule has 0 bridgehead atoms. The number of ether oxygens (including phenoxy) is 1. The first-order chi connectivity index (χ1) is 18.3. The van der Waals surface area contributed by atoms with E-state index in [0.717, 1.165) is 42.4 Å². The summed E-state index contributed by atoms with van der Waals surface area (Å²) in [6, 6.07) is 14.5. The van der Waals surface area contributed by atoms with Crippen LogP contribution in [0.1, 0.15) is 68.2 Å². The highest BCUT2D eigenvalue weighted by Crippen LogP contribution is 2.50. The molecule has 2 saturated heterocycles. The Hall–Kier alpha value is -3.18. The van der Waals surface area contributed by atoms with Crippen LogP contribution in [0.25, 0.3) is 11.6 Å². The molecule has 2 aromatic carbocycles. The highest BCUT2D eigenvalue weighted by molar-refractivity contribution is 6.06. The number of benzene rings is 2. The number of carbonyl (C=O) groups is 2. The van der Waals surface area contributed by atoms with Crippen molar-refractivity contribution in [2.45, 2.75) is 65.9 Å². The number of carbonyl (C=O) groups excluding carboxylic acids is 2. The molecule has 1 N–H and O–H groups in total. The molecule has 5 nitrogen and oxygen atoms in total. The van der Waals surface area contributed by atoms with E-state index in [1.807, 2.05) is 39.0 Å². The second-order valence-electron chi connectivity index (χ2n) is 11.1. The molecule has 0 spiro atoms. The van der Waals surface area contributed by atoms with Gasteiger partial charge in [-0.15, -0.1) is 0 Å². The minimum atomic E-state index is -0.267. The van der Waals surface area contributed by atoms with Crippen LogP contribution >= 0.6 is 0 Å². The average molecular weight is 514 g/mol. The van der Waals surface area contributed by atoms with E-state index in [4.69, 9.17) is 4.74 Å². The molecule has 0 aromatic heterocycles. The third-order valence-corrected chi connectivity index (χ3v) is 8.65. The molecule has 4 atom stereocenters. The second kappa shape index (κ2) is 10.9. The van der Waals surface area contributed by atoms with Crippen molar-refractivity contribution >= 4 is 23.5 Å². The fraction of sp³-hybridized carbons (Fsp3) is 0.455. The summed E-state index contributed by atoms with van der Waals surface area (Å²) in [4.78, 5) is 27.9. The minimum absolute atomic E-state index is 0.00620. The normalized spacial score (nSPS) is 25.3. The Balaban J connectivity index is 1.42. The standard InChI is InChI=1S/C33H39NO4/c1-5-14-34-32(36)26-18-23(6-2)29-27(30(26)33(34)37)19-38-28(29)13-12-25(24-10-8-7-9-11-24)17-22-15-20(3)31(35)21(4)16-22/h7-11,15-17,26-28,30,35H,5-6,12-14,18-19H2,1-4H3/b25-17-/t26-,27+,28-,30-/m1/s1. The van der Waals surface area contributed by atoms with Crippen molar-refractivity contribution in [1.29, 1.82) is 0 Å². The van der Waals surface area contributed by atoms with Crippen molar-refractivity contribution < 1.29 is 19.4 Å². The molecule has 0 radical (unpaired) electrons. The number of aryl methyl sites for hydroxylation is 2. The molecule has 3 aliphatic rings. The number of allylic oxidation sites excluding steroid dienone is 2. The van der Waals surface area contributed by atoms with Gasteiger partial charge in [0.25, 0.3) is 0 Å². The predicted octanol–water partition coefficient (Wildman–Crippen LogP) is 6.47. The van der Waals surface area contributed by atoms with Crippen LogP contribution in [0.4, 0.5) is 0 Å². The lowest BCUT2D eigenvalue weighted by molar-refractivity contribution is -0.140. The van der Waals surface area contributed by atoms with Gasteiger partial charge in [0, 0.05) is 12.5 Å². The van der Waals surface area contributed by atoms with Crippen LogP contribution in [-0.4, -0.2) is 41.1 Å². The van der Waals surface area contributed by atoms with Gasteiger partial charge in [-0.05, 0) is 91.5 Å². The molecule has 5 rings (SSSR count). The maximum atomic E-state index is 13.3. The van der Waals surface area contributed by atoms with E-state index in [1.54, 1.807) is 0 Å². The summed E-state index contributed by atoms with van der Waals surface area (Å²) in [5.74, 6) is -0.104. The topological polar surface area (TPSA) is 66.8 Å². The maximum Gasteiger partial charge on any atom is 0.233 e. The summed E-state index contributed by atoms with van der Waals surface area (Å²) < 4.78 is 6.41. The highest BCUT2D eigenvalue weighted by Gasteiger charge is 2.56. The minimum Gasteiger partial charge on any atom is -0.507 e. The number of fused-ring (bicyclic) bond motifs is 3. The van der Waals surface area contributed by atoms with Gasteiger partial charge in [0.2, 0.25) is 11.8 Å². The van der Waals surface area contributed by atoms with Crippen molar-refractivity contribution in [2.24, 2.45) is 17.8 Å². The van der Waals surface area contributed by atoms with Gasteiger partial charge < -0.3 is 9.84 Å². The number of nitrogens with zero attached hydrogens (tertiary/aromatic N) is 1. The van der Waals surface area contributed by atoms with Crippen LogP contribution in [0.15, 0.2) is 53.6 Å². The molecule has 200 valence electrons. The maximum absolute atomic E-state index is 13.3. The Kier molecular flexibility index (Phi) is 7.58. The molecular weight excluding hydrogens is 474 g/mol. The van der Waals surface area contributed by atoms with Crippen molar-refractivity contribution in [3.05, 3.63) is 75.9 Å². The SMILES string of the molecule is CCCN1C(=O)[C@@H]2[C@@H](CC(CC)=C3[C@@H](CC/C(=C/c4cc(C)c(O)c(C)c4)c4ccccc4)OC[C@@H]32)C1=O. The Labute approximate surface area is 226 Å². The first-order valence-corrected chi connectivity index (χ1v) is 14.1. The number of amides is 2. The zero-order valence-corrected chi connectivity index (χ0v) is 23.0. The zero-order chi connectivity index (χ0) is 27.0. The lowest BCUT2D eigenvalue weighted by Crippen LogP contribution is -2.34. The van der Waals surface area contributed by atoms with Crippen molar-refractivity contribution in [3.8, 4) is 5.75 Å². The number of hydrogen-bond donors (Lipinski definition) is 1. The Morgan fingerprint density at radius 1 is 1.05 bits per heavy atom. The van der Waals surface area contributed by atoms with Crippen molar-refractivity contribution in [3.63, 3.8) is 0 Å². The monoisotopic (exact) mass is 513 g/mol. The van der Waals surface area contributed by atoms with Crippen LogP contribution in [0.5, 0.6) is 5.75 Å². The van der Waals surface area contributed by atoms with Gasteiger partial charge in [0.1, 0.15) is 5.75 Å². The van der Waals surface area contributed by atoms with Crippen molar-refractivity contribution in [2.75, 3.05) is 13.2 Å². The Morgan fingerprint density at radius 2 is 1.76 bits per heavy atom. The van der Waals surface area contributed by atoms with Gasteiger partial charge >= 0.3 is 0 Å².